The molecule has 2 aliphatic heterocycles. The van der Waals surface area contributed by atoms with Gasteiger partial charge in [0.15, 0.2) is 0 Å². The van der Waals surface area contributed by atoms with Crippen LogP contribution in [0.4, 0.5) is 5.69 Å². The molecular weight excluding hydrogens is 352 g/mol. The largest absolute Gasteiger partial charge is 0.497 e. The molecule has 0 aromatic heterocycles. The van der Waals surface area contributed by atoms with E-state index in [-0.39, 0.29) is 11.8 Å². The van der Waals surface area contributed by atoms with Crippen LogP contribution in [-0.4, -0.2) is 36.9 Å². The van der Waals surface area contributed by atoms with E-state index in [0.717, 1.165) is 43.7 Å². The van der Waals surface area contributed by atoms with E-state index >= 15 is 0 Å². The van der Waals surface area contributed by atoms with E-state index in [1.165, 1.54) is 10.5 Å². The van der Waals surface area contributed by atoms with E-state index in [2.05, 4.69) is 11.8 Å². The molecule has 0 N–H and O–H groups in total. The molecule has 0 unspecified atom stereocenters. The van der Waals surface area contributed by atoms with Crippen LogP contribution in [0.2, 0.25) is 0 Å². The number of nitrogens with zero attached hydrogens (tertiary/aromatic N) is 2. The Balaban J connectivity index is 1.78. The molecule has 4 rings (SSSR count). The molecule has 2 heterocycles. The highest BCUT2D eigenvalue weighted by Crippen LogP contribution is 2.36. The average Bonchev–Trinajstić information content (AvgIpc) is 3.34. The average molecular weight is 376 g/mol. The number of imide groups is 1. The van der Waals surface area contributed by atoms with Gasteiger partial charge in [0.25, 0.3) is 11.8 Å². The summed E-state index contributed by atoms with van der Waals surface area (Å²) in [6, 6.07) is 15.0. The Labute approximate surface area is 165 Å². The zero-order valence-electron chi connectivity index (χ0n) is 16.3. The third-order valence-corrected chi connectivity index (χ3v) is 5.46. The Bertz CT molecular complexity index is 923. The van der Waals surface area contributed by atoms with Crippen molar-refractivity contribution >= 4 is 23.1 Å². The van der Waals surface area contributed by atoms with Crippen molar-refractivity contribution in [3.63, 3.8) is 0 Å². The van der Waals surface area contributed by atoms with Gasteiger partial charge < -0.3 is 9.64 Å². The first-order chi connectivity index (χ1) is 13.6. The summed E-state index contributed by atoms with van der Waals surface area (Å²) in [4.78, 5) is 30.1. The van der Waals surface area contributed by atoms with Gasteiger partial charge in [0.1, 0.15) is 11.4 Å². The Morgan fingerprint density at radius 2 is 1.54 bits per heavy atom. The lowest BCUT2D eigenvalue weighted by Gasteiger charge is -2.20. The van der Waals surface area contributed by atoms with Crippen LogP contribution in [0.25, 0.3) is 5.57 Å². The molecule has 0 aliphatic carbocycles. The first kappa shape index (κ1) is 18.3. The maximum atomic E-state index is 13.4. The molecule has 0 saturated carbocycles. The highest BCUT2D eigenvalue weighted by molar-refractivity contribution is 6.45. The molecule has 28 heavy (non-hydrogen) atoms. The number of aryl methyl sites for hydroxylation is 1. The number of amides is 2. The van der Waals surface area contributed by atoms with Crippen molar-refractivity contribution in [2.75, 3.05) is 25.1 Å². The number of anilines is 1. The highest BCUT2D eigenvalue weighted by atomic mass is 16.5. The number of rotatable bonds is 5. The topological polar surface area (TPSA) is 49.9 Å². The van der Waals surface area contributed by atoms with E-state index in [4.69, 9.17) is 4.74 Å². The van der Waals surface area contributed by atoms with Crippen LogP contribution in [0, 0.1) is 0 Å². The summed E-state index contributed by atoms with van der Waals surface area (Å²) in [5.41, 5.74) is 3.54. The molecule has 2 aromatic carbocycles. The van der Waals surface area contributed by atoms with Crippen molar-refractivity contribution in [1.82, 2.24) is 4.90 Å². The summed E-state index contributed by atoms with van der Waals surface area (Å²) in [6.45, 7) is 3.68. The van der Waals surface area contributed by atoms with Crippen molar-refractivity contribution < 1.29 is 14.3 Å². The molecule has 0 spiro atoms. The predicted molar refractivity (Wildman–Crippen MR) is 109 cm³/mol. The highest BCUT2D eigenvalue weighted by Gasteiger charge is 2.42. The summed E-state index contributed by atoms with van der Waals surface area (Å²) >= 11 is 0. The summed E-state index contributed by atoms with van der Waals surface area (Å²) in [5, 5.41) is 0. The van der Waals surface area contributed by atoms with Crippen LogP contribution in [0.15, 0.2) is 54.2 Å². The second-order valence-electron chi connectivity index (χ2n) is 7.11. The molecule has 0 radical (unpaired) electrons. The van der Waals surface area contributed by atoms with Crippen LogP contribution in [0.5, 0.6) is 5.75 Å². The monoisotopic (exact) mass is 376 g/mol. The number of carbonyl (C=O) groups excluding carboxylic acids is 2. The van der Waals surface area contributed by atoms with Gasteiger partial charge in [0.05, 0.1) is 18.4 Å². The zero-order valence-corrected chi connectivity index (χ0v) is 16.3. The van der Waals surface area contributed by atoms with Crippen molar-refractivity contribution in [2.24, 2.45) is 0 Å². The summed E-state index contributed by atoms with van der Waals surface area (Å²) in [5.74, 6) is 0.221. The summed E-state index contributed by atoms with van der Waals surface area (Å²) in [6.07, 6.45) is 2.98. The van der Waals surface area contributed by atoms with Gasteiger partial charge in [-0.05, 0) is 54.7 Å². The fourth-order valence-corrected chi connectivity index (χ4v) is 3.89. The lowest BCUT2D eigenvalue weighted by atomic mass is 10.0. The van der Waals surface area contributed by atoms with Gasteiger partial charge in [-0.25, -0.2) is 4.90 Å². The van der Waals surface area contributed by atoms with Crippen molar-refractivity contribution in [1.29, 1.82) is 0 Å². The van der Waals surface area contributed by atoms with Gasteiger partial charge in [0, 0.05) is 13.1 Å². The normalized spacial score (nSPS) is 17.1. The van der Waals surface area contributed by atoms with Crippen molar-refractivity contribution in [2.45, 2.75) is 26.2 Å². The van der Waals surface area contributed by atoms with Crippen LogP contribution in [0.1, 0.15) is 30.9 Å². The molecule has 144 valence electrons. The molecule has 5 nitrogen and oxygen atoms in total. The number of benzene rings is 2. The lowest BCUT2D eigenvalue weighted by molar-refractivity contribution is -0.120. The van der Waals surface area contributed by atoms with E-state index in [1.807, 2.05) is 48.5 Å². The number of likely N-dealkylation sites (tertiary alicyclic amines) is 1. The van der Waals surface area contributed by atoms with E-state index in [1.54, 1.807) is 7.11 Å². The van der Waals surface area contributed by atoms with E-state index in [9.17, 15) is 9.59 Å². The fraction of sp³-hybridized carbons (Fsp3) is 0.304. The summed E-state index contributed by atoms with van der Waals surface area (Å²) < 4.78 is 5.23. The molecular formula is C23H24N2O3. The molecule has 0 bridgehead atoms. The molecule has 1 saturated heterocycles. The molecule has 2 amide bonds. The predicted octanol–water partition coefficient (Wildman–Crippen LogP) is 3.64. The van der Waals surface area contributed by atoms with Crippen molar-refractivity contribution in [3.05, 3.63) is 65.4 Å². The minimum absolute atomic E-state index is 0.234. The maximum Gasteiger partial charge on any atom is 0.282 e. The van der Waals surface area contributed by atoms with Gasteiger partial charge in [0.2, 0.25) is 0 Å². The number of hydrogen-bond donors (Lipinski definition) is 0. The third kappa shape index (κ3) is 3.07. The standard InChI is InChI=1S/C23H24N2O3/c1-3-16-6-10-18(11-7-16)25-22(26)20(17-8-12-19(28-2)13-9-17)21(23(25)27)24-14-4-5-15-24/h6-13H,3-5,14-15H2,1-2H3. The fourth-order valence-electron chi connectivity index (χ4n) is 3.89. The SMILES string of the molecule is CCc1ccc(N2C(=O)C(c3ccc(OC)cc3)=C(N3CCCC3)C2=O)cc1. The van der Waals surface area contributed by atoms with Crippen molar-refractivity contribution in [3.8, 4) is 5.75 Å². The Morgan fingerprint density at radius 1 is 0.893 bits per heavy atom. The molecule has 2 aromatic rings. The van der Waals surface area contributed by atoms with E-state index < -0.39 is 0 Å². The molecule has 5 heteroatoms. The Kier molecular flexibility index (Phi) is 4.90. The van der Waals surface area contributed by atoms with Gasteiger partial charge in [-0.15, -0.1) is 0 Å². The van der Waals surface area contributed by atoms with E-state index in [0.29, 0.717) is 17.0 Å². The van der Waals surface area contributed by atoms with Crippen LogP contribution in [-0.2, 0) is 16.0 Å². The Morgan fingerprint density at radius 3 is 2.11 bits per heavy atom. The van der Waals surface area contributed by atoms with Gasteiger partial charge >= 0.3 is 0 Å². The van der Waals surface area contributed by atoms with Gasteiger partial charge in [-0.3, -0.25) is 9.59 Å². The van der Waals surface area contributed by atoms with Crippen LogP contribution < -0.4 is 9.64 Å². The quantitative estimate of drug-likeness (QED) is 0.748. The molecule has 1 fully saturated rings. The minimum Gasteiger partial charge on any atom is -0.497 e. The first-order valence-corrected chi connectivity index (χ1v) is 9.75. The number of ether oxygens (including phenoxy) is 1. The summed E-state index contributed by atoms with van der Waals surface area (Å²) in [7, 11) is 1.61. The maximum absolute atomic E-state index is 13.4. The smallest absolute Gasteiger partial charge is 0.282 e. The third-order valence-electron chi connectivity index (χ3n) is 5.46. The minimum atomic E-state index is -0.263. The van der Waals surface area contributed by atoms with Gasteiger partial charge in [-0.1, -0.05) is 31.2 Å². The number of carbonyl (C=O) groups is 2. The van der Waals surface area contributed by atoms with Crippen LogP contribution in [0.3, 0.4) is 0 Å². The van der Waals surface area contributed by atoms with Gasteiger partial charge in [-0.2, -0.15) is 0 Å². The zero-order chi connectivity index (χ0) is 19.7. The number of hydrogen-bond acceptors (Lipinski definition) is 4. The first-order valence-electron chi connectivity index (χ1n) is 9.75. The molecule has 0 atom stereocenters. The second-order valence-corrected chi connectivity index (χ2v) is 7.11. The molecule has 2 aliphatic rings. The Hall–Kier alpha value is -3.08. The van der Waals surface area contributed by atoms with Crippen LogP contribution >= 0.6 is 0 Å². The number of methoxy groups -OCH3 is 1. The second kappa shape index (κ2) is 7.50. The lowest BCUT2D eigenvalue weighted by Crippen LogP contribution is -2.34.